The normalized spacial score (nSPS) is 12.4. The second kappa shape index (κ2) is 6.42. The van der Waals surface area contributed by atoms with Crippen LogP contribution < -0.4 is 0 Å². The highest BCUT2D eigenvalue weighted by Gasteiger charge is 2.13. The van der Waals surface area contributed by atoms with Gasteiger partial charge >= 0.3 is 0 Å². The van der Waals surface area contributed by atoms with Gasteiger partial charge in [-0.05, 0) is 35.2 Å². The minimum Gasteiger partial charge on any atom is -0.388 e. The maximum absolute atomic E-state index is 10.3. The SMILES string of the molecule is CCc1ccc(C(O)Cc2c(Cl)cccc2Cl)cc1. The number of halogens is 2. The lowest BCUT2D eigenvalue weighted by Gasteiger charge is -2.14. The Kier molecular flexibility index (Phi) is 4.87. The summed E-state index contributed by atoms with van der Waals surface area (Å²) in [6.45, 7) is 2.11. The average Bonchev–Trinajstić information content (AvgIpc) is 2.43. The molecule has 0 bridgehead atoms. The van der Waals surface area contributed by atoms with Crippen molar-refractivity contribution in [2.75, 3.05) is 0 Å². The molecular formula is C16H16Cl2O. The van der Waals surface area contributed by atoms with Gasteiger partial charge < -0.3 is 5.11 Å². The molecule has 0 heterocycles. The fourth-order valence-electron chi connectivity index (χ4n) is 2.01. The number of hydrogen-bond acceptors (Lipinski definition) is 1. The largest absolute Gasteiger partial charge is 0.388 e. The van der Waals surface area contributed by atoms with E-state index in [4.69, 9.17) is 23.2 Å². The Bertz CT molecular complexity index is 529. The topological polar surface area (TPSA) is 20.2 Å². The second-order valence-electron chi connectivity index (χ2n) is 4.52. The zero-order valence-corrected chi connectivity index (χ0v) is 12.2. The molecule has 0 aromatic heterocycles. The molecule has 1 unspecified atom stereocenters. The summed E-state index contributed by atoms with van der Waals surface area (Å²) >= 11 is 12.2. The van der Waals surface area contributed by atoms with Gasteiger partial charge in [0.1, 0.15) is 0 Å². The Morgan fingerprint density at radius 3 is 2.11 bits per heavy atom. The van der Waals surface area contributed by atoms with Crippen LogP contribution in [0.25, 0.3) is 0 Å². The zero-order valence-electron chi connectivity index (χ0n) is 10.7. The van der Waals surface area contributed by atoms with Crippen LogP contribution >= 0.6 is 23.2 Å². The maximum atomic E-state index is 10.3. The van der Waals surface area contributed by atoms with E-state index in [1.807, 2.05) is 24.3 Å². The molecule has 1 atom stereocenters. The Morgan fingerprint density at radius 1 is 1.00 bits per heavy atom. The fraction of sp³-hybridized carbons (Fsp3) is 0.250. The summed E-state index contributed by atoms with van der Waals surface area (Å²) in [4.78, 5) is 0. The van der Waals surface area contributed by atoms with E-state index in [1.54, 1.807) is 18.2 Å². The van der Waals surface area contributed by atoms with Crippen molar-refractivity contribution in [1.82, 2.24) is 0 Å². The standard InChI is InChI=1S/C16H16Cl2O/c1-2-11-6-8-12(9-7-11)16(19)10-13-14(17)4-3-5-15(13)18/h3-9,16,19H,2,10H2,1H3. The van der Waals surface area contributed by atoms with Crippen LogP contribution in [0.4, 0.5) is 0 Å². The summed E-state index contributed by atoms with van der Waals surface area (Å²) in [5, 5.41) is 11.5. The van der Waals surface area contributed by atoms with Crippen molar-refractivity contribution in [1.29, 1.82) is 0 Å². The molecule has 0 radical (unpaired) electrons. The molecule has 0 spiro atoms. The molecule has 0 aliphatic heterocycles. The molecule has 0 aliphatic rings. The number of benzene rings is 2. The van der Waals surface area contributed by atoms with E-state index in [0.29, 0.717) is 16.5 Å². The Balaban J connectivity index is 2.18. The number of rotatable bonds is 4. The Morgan fingerprint density at radius 2 is 1.58 bits per heavy atom. The molecule has 2 rings (SSSR count). The van der Waals surface area contributed by atoms with Crippen molar-refractivity contribution >= 4 is 23.2 Å². The molecule has 2 aromatic carbocycles. The van der Waals surface area contributed by atoms with Gasteiger partial charge in [0.15, 0.2) is 0 Å². The van der Waals surface area contributed by atoms with Gasteiger partial charge in [-0.3, -0.25) is 0 Å². The van der Waals surface area contributed by atoms with Gasteiger partial charge in [-0.25, -0.2) is 0 Å². The average molecular weight is 295 g/mol. The maximum Gasteiger partial charge on any atom is 0.0831 e. The highest BCUT2D eigenvalue weighted by Crippen LogP contribution is 2.29. The molecule has 3 heteroatoms. The van der Waals surface area contributed by atoms with Crippen LogP contribution in [0, 0.1) is 0 Å². The molecule has 1 nitrogen and oxygen atoms in total. The first-order chi connectivity index (χ1) is 9.11. The molecule has 100 valence electrons. The van der Waals surface area contributed by atoms with Crippen LogP contribution in [0.15, 0.2) is 42.5 Å². The van der Waals surface area contributed by atoms with E-state index < -0.39 is 6.10 Å². The van der Waals surface area contributed by atoms with Crippen LogP contribution in [-0.2, 0) is 12.8 Å². The van der Waals surface area contributed by atoms with Crippen LogP contribution in [0.1, 0.15) is 29.7 Å². The van der Waals surface area contributed by atoms with Crippen molar-refractivity contribution < 1.29 is 5.11 Å². The molecular weight excluding hydrogens is 279 g/mol. The lowest BCUT2D eigenvalue weighted by molar-refractivity contribution is 0.178. The summed E-state index contributed by atoms with van der Waals surface area (Å²) in [5.74, 6) is 0. The van der Waals surface area contributed by atoms with E-state index in [9.17, 15) is 5.11 Å². The summed E-state index contributed by atoms with van der Waals surface area (Å²) in [6, 6.07) is 13.4. The summed E-state index contributed by atoms with van der Waals surface area (Å²) in [6.07, 6.45) is 0.819. The minimum absolute atomic E-state index is 0.421. The van der Waals surface area contributed by atoms with Crippen molar-refractivity contribution in [2.24, 2.45) is 0 Å². The predicted octanol–water partition coefficient (Wildman–Crippen LogP) is 4.83. The first-order valence-electron chi connectivity index (χ1n) is 6.31. The quantitative estimate of drug-likeness (QED) is 0.856. The monoisotopic (exact) mass is 294 g/mol. The van der Waals surface area contributed by atoms with Crippen molar-refractivity contribution in [3.8, 4) is 0 Å². The number of aryl methyl sites for hydroxylation is 1. The van der Waals surface area contributed by atoms with E-state index in [0.717, 1.165) is 17.5 Å². The smallest absolute Gasteiger partial charge is 0.0831 e. The van der Waals surface area contributed by atoms with Crippen LogP contribution in [0.3, 0.4) is 0 Å². The molecule has 0 fully saturated rings. The van der Waals surface area contributed by atoms with E-state index in [2.05, 4.69) is 6.92 Å². The molecule has 0 amide bonds. The molecule has 2 aromatic rings. The molecule has 19 heavy (non-hydrogen) atoms. The van der Waals surface area contributed by atoms with Gasteiger partial charge in [0.05, 0.1) is 6.10 Å². The fourth-order valence-corrected chi connectivity index (χ4v) is 2.57. The summed E-state index contributed by atoms with van der Waals surface area (Å²) in [7, 11) is 0. The molecule has 0 aliphatic carbocycles. The van der Waals surface area contributed by atoms with Gasteiger partial charge in [0.2, 0.25) is 0 Å². The third kappa shape index (κ3) is 3.50. The van der Waals surface area contributed by atoms with Crippen molar-refractivity contribution in [2.45, 2.75) is 25.9 Å². The van der Waals surface area contributed by atoms with E-state index in [-0.39, 0.29) is 0 Å². The highest BCUT2D eigenvalue weighted by molar-refractivity contribution is 6.35. The van der Waals surface area contributed by atoms with E-state index >= 15 is 0 Å². The number of aliphatic hydroxyl groups excluding tert-OH is 1. The Hall–Kier alpha value is -1.02. The van der Waals surface area contributed by atoms with Gasteiger partial charge in [-0.1, -0.05) is 60.5 Å². The molecule has 0 saturated carbocycles. The third-order valence-electron chi connectivity index (χ3n) is 3.23. The van der Waals surface area contributed by atoms with E-state index in [1.165, 1.54) is 5.56 Å². The lowest BCUT2D eigenvalue weighted by atomic mass is 10.00. The minimum atomic E-state index is -0.594. The number of hydrogen-bond donors (Lipinski definition) is 1. The first kappa shape index (κ1) is 14.4. The van der Waals surface area contributed by atoms with Gasteiger partial charge in [0.25, 0.3) is 0 Å². The summed E-state index contributed by atoms with van der Waals surface area (Å²) < 4.78 is 0. The number of aliphatic hydroxyl groups is 1. The van der Waals surface area contributed by atoms with Crippen LogP contribution in [0.5, 0.6) is 0 Å². The second-order valence-corrected chi connectivity index (χ2v) is 5.33. The van der Waals surface area contributed by atoms with Gasteiger partial charge in [-0.2, -0.15) is 0 Å². The highest BCUT2D eigenvalue weighted by atomic mass is 35.5. The van der Waals surface area contributed by atoms with Crippen molar-refractivity contribution in [3.05, 3.63) is 69.2 Å². The predicted molar refractivity (Wildman–Crippen MR) is 80.9 cm³/mol. The van der Waals surface area contributed by atoms with Gasteiger partial charge in [0, 0.05) is 16.5 Å². The van der Waals surface area contributed by atoms with Crippen molar-refractivity contribution in [3.63, 3.8) is 0 Å². The van der Waals surface area contributed by atoms with Gasteiger partial charge in [-0.15, -0.1) is 0 Å². The first-order valence-corrected chi connectivity index (χ1v) is 7.07. The summed E-state index contributed by atoms with van der Waals surface area (Å²) in [5.41, 5.74) is 2.93. The zero-order chi connectivity index (χ0) is 13.8. The van der Waals surface area contributed by atoms with Crippen LogP contribution in [-0.4, -0.2) is 5.11 Å². The third-order valence-corrected chi connectivity index (χ3v) is 3.94. The Labute approximate surface area is 123 Å². The molecule has 0 saturated heterocycles. The lowest BCUT2D eigenvalue weighted by Crippen LogP contribution is -2.03. The van der Waals surface area contributed by atoms with Crippen LogP contribution in [0.2, 0.25) is 10.0 Å². The molecule has 1 N–H and O–H groups in total.